The highest BCUT2D eigenvalue weighted by molar-refractivity contribution is 5.71. The van der Waals surface area contributed by atoms with Gasteiger partial charge < -0.3 is 14.2 Å². The number of likely N-dealkylation sites (tertiary alicyclic amines) is 1. The van der Waals surface area contributed by atoms with Gasteiger partial charge in [0.1, 0.15) is 11.3 Å². The molecule has 0 N–H and O–H groups in total. The molecule has 23 heavy (non-hydrogen) atoms. The van der Waals surface area contributed by atoms with Gasteiger partial charge in [0.05, 0.1) is 12.6 Å². The van der Waals surface area contributed by atoms with Crippen LogP contribution in [0.3, 0.4) is 0 Å². The number of pyridine rings is 1. The van der Waals surface area contributed by atoms with E-state index in [1.54, 1.807) is 0 Å². The highest BCUT2D eigenvalue weighted by Crippen LogP contribution is 2.28. The standard InChI is InChI=1S/C18H26N4O/c1-21-9-3-5-14(12-21)11-17-20-16-7-2-8-19-18(16)22(17)15-6-4-10-23-13-15/h2,7-8,14-15H,3-6,9-13H2,1H3. The van der Waals surface area contributed by atoms with Crippen molar-refractivity contribution >= 4 is 11.2 Å². The molecule has 2 unspecified atom stereocenters. The van der Waals surface area contributed by atoms with E-state index >= 15 is 0 Å². The highest BCUT2D eigenvalue weighted by atomic mass is 16.5. The Morgan fingerprint density at radius 2 is 2.26 bits per heavy atom. The van der Waals surface area contributed by atoms with E-state index in [0.29, 0.717) is 12.0 Å². The van der Waals surface area contributed by atoms with Crippen molar-refractivity contribution < 1.29 is 4.74 Å². The lowest BCUT2D eigenvalue weighted by molar-refractivity contribution is 0.0589. The predicted octanol–water partition coefficient (Wildman–Crippen LogP) is 2.67. The van der Waals surface area contributed by atoms with Gasteiger partial charge in [-0.2, -0.15) is 0 Å². The van der Waals surface area contributed by atoms with Gasteiger partial charge in [-0.15, -0.1) is 0 Å². The van der Waals surface area contributed by atoms with Crippen LogP contribution >= 0.6 is 0 Å². The van der Waals surface area contributed by atoms with Crippen molar-refractivity contribution in [1.29, 1.82) is 0 Å². The minimum atomic E-state index is 0.389. The lowest BCUT2D eigenvalue weighted by Gasteiger charge is -2.30. The summed E-state index contributed by atoms with van der Waals surface area (Å²) in [5.74, 6) is 1.91. The maximum atomic E-state index is 5.73. The van der Waals surface area contributed by atoms with Gasteiger partial charge in [-0.25, -0.2) is 9.97 Å². The molecule has 4 heterocycles. The molecule has 5 heteroatoms. The van der Waals surface area contributed by atoms with Crippen molar-refractivity contribution in [3.63, 3.8) is 0 Å². The summed E-state index contributed by atoms with van der Waals surface area (Å²) in [6, 6.07) is 4.45. The molecule has 2 atom stereocenters. The van der Waals surface area contributed by atoms with E-state index < -0.39 is 0 Å². The third kappa shape index (κ3) is 3.12. The van der Waals surface area contributed by atoms with Crippen molar-refractivity contribution in [3.05, 3.63) is 24.2 Å². The number of ether oxygens (including phenoxy) is 1. The van der Waals surface area contributed by atoms with Gasteiger partial charge in [0.25, 0.3) is 0 Å². The summed E-state index contributed by atoms with van der Waals surface area (Å²) >= 11 is 0. The Bertz CT molecular complexity index is 662. The summed E-state index contributed by atoms with van der Waals surface area (Å²) in [7, 11) is 2.23. The molecule has 5 nitrogen and oxygen atoms in total. The van der Waals surface area contributed by atoms with Crippen LogP contribution < -0.4 is 0 Å². The van der Waals surface area contributed by atoms with Crippen LogP contribution in [-0.2, 0) is 11.2 Å². The smallest absolute Gasteiger partial charge is 0.160 e. The summed E-state index contributed by atoms with van der Waals surface area (Å²) < 4.78 is 8.11. The van der Waals surface area contributed by atoms with Gasteiger partial charge in [-0.1, -0.05) is 0 Å². The quantitative estimate of drug-likeness (QED) is 0.873. The van der Waals surface area contributed by atoms with Crippen LogP contribution in [0.15, 0.2) is 18.3 Å². The van der Waals surface area contributed by atoms with Gasteiger partial charge in [0.15, 0.2) is 5.65 Å². The monoisotopic (exact) mass is 314 g/mol. The van der Waals surface area contributed by atoms with E-state index in [0.717, 1.165) is 37.2 Å². The Morgan fingerprint density at radius 1 is 1.30 bits per heavy atom. The van der Waals surface area contributed by atoms with Crippen LogP contribution in [0.1, 0.15) is 37.5 Å². The zero-order valence-corrected chi connectivity index (χ0v) is 13.9. The molecule has 0 aromatic carbocycles. The topological polar surface area (TPSA) is 43.2 Å². The zero-order valence-electron chi connectivity index (χ0n) is 13.9. The number of nitrogens with zero attached hydrogens (tertiary/aromatic N) is 4. The van der Waals surface area contributed by atoms with Gasteiger partial charge in [0, 0.05) is 25.8 Å². The van der Waals surface area contributed by atoms with Crippen molar-refractivity contribution in [2.75, 3.05) is 33.4 Å². The molecule has 0 aliphatic carbocycles. The fourth-order valence-corrected chi connectivity index (χ4v) is 4.13. The molecule has 124 valence electrons. The molecule has 2 aromatic rings. The normalized spacial score (nSPS) is 26.7. The number of rotatable bonds is 3. The molecule has 0 amide bonds. The summed E-state index contributed by atoms with van der Waals surface area (Å²) in [6.07, 6.45) is 7.83. The van der Waals surface area contributed by atoms with E-state index in [9.17, 15) is 0 Å². The van der Waals surface area contributed by atoms with Crippen molar-refractivity contribution in [1.82, 2.24) is 19.4 Å². The molecule has 0 radical (unpaired) electrons. The maximum Gasteiger partial charge on any atom is 0.160 e. The Labute approximate surface area is 137 Å². The molecule has 2 saturated heterocycles. The Kier molecular flexibility index (Phi) is 4.31. The fourth-order valence-electron chi connectivity index (χ4n) is 4.13. The highest BCUT2D eigenvalue weighted by Gasteiger charge is 2.25. The van der Waals surface area contributed by atoms with Crippen LogP contribution in [0.4, 0.5) is 0 Å². The molecule has 2 fully saturated rings. The summed E-state index contributed by atoms with van der Waals surface area (Å²) in [5.41, 5.74) is 2.06. The number of fused-ring (bicyclic) bond motifs is 1. The molecule has 0 saturated carbocycles. The number of hydrogen-bond donors (Lipinski definition) is 0. The Hall–Kier alpha value is -1.46. The minimum Gasteiger partial charge on any atom is -0.379 e. The van der Waals surface area contributed by atoms with Crippen molar-refractivity contribution in [2.24, 2.45) is 5.92 Å². The van der Waals surface area contributed by atoms with Gasteiger partial charge >= 0.3 is 0 Å². The first kappa shape index (κ1) is 15.1. The summed E-state index contributed by atoms with van der Waals surface area (Å²) in [6.45, 7) is 4.08. The first-order valence-corrected chi connectivity index (χ1v) is 8.89. The third-order valence-electron chi connectivity index (χ3n) is 5.22. The van der Waals surface area contributed by atoms with E-state index in [4.69, 9.17) is 9.72 Å². The van der Waals surface area contributed by atoms with E-state index in [1.165, 1.54) is 38.2 Å². The van der Waals surface area contributed by atoms with Gasteiger partial charge in [-0.05, 0) is 57.3 Å². The number of piperidine rings is 1. The molecule has 2 aromatic heterocycles. The second-order valence-electron chi connectivity index (χ2n) is 7.09. The van der Waals surface area contributed by atoms with Crippen LogP contribution in [-0.4, -0.2) is 52.8 Å². The lowest BCUT2D eigenvalue weighted by atomic mass is 9.94. The van der Waals surface area contributed by atoms with Gasteiger partial charge in [0.2, 0.25) is 0 Å². The van der Waals surface area contributed by atoms with Gasteiger partial charge in [-0.3, -0.25) is 0 Å². The number of imidazole rings is 1. The molecule has 2 aliphatic rings. The van der Waals surface area contributed by atoms with Crippen LogP contribution in [0.2, 0.25) is 0 Å². The van der Waals surface area contributed by atoms with Crippen molar-refractivity contribution in [3.8, 4) is 0 Å². The van der Waals surface area contributed by atoms with Crippen molar-refractivity contribution in [2.45, 2.75) is 38.1 Å². The molecular formula is C18H26N4O. The predicted molar refractivity (Wildman–Crippen MR) is 90.5 cm³/mol. The largest absolute Gasteiger partial charge is 0.379 e. The Balaban J connectivity index is 1.67. The second kappa shape index (κ2) is 6.57. The summed E-state index contributed by atoms with van der Waals surface area (Å²) in [4.78, 5) is 12.0. The zero-order chi connectivity index (χ0) is 15.6. The van der Waals surface area contributed by atoms with Crippen LogP contribution in [0, 0.1) is 5.92 Å². The van der Waals surface area contributed by atoms with E-state index in [2.05, 4.69) is 27.6 Å². The SMILES string of the molecule is CN1CCCC(Cc2nc3cccnc3n2C2CCCOC2)C1. The number of hydrogen-bond acceptors (Lipinski definition) is 4. The lowest BCUT2D eigenvalue weighted by Crippen LogP contribution is -2.34. The molecule has 2 aliphatic heterocycles. The third-order valence-corrected chi connectivity index (χ3v) is 5.22. The first-order valence-electron chi connectivity index (χ1n) is 8.89. The summed E-state index contributed by atoms with van der Waals surface area (Å²) in [5, 5.41) is 0. The molecular weight excluding hydrogens is 288 g/mol. The number of aromatic nitrogens is 3. The minimum absolute atomic E-state index is 0.389. The average Bonchev–Trinajstić information content (AvgIpc) is 2.93. The van der Waals surface area contributed by atoms with Crippen LogP contribution in [0.25, 0.3) is 11.2 Å². The van der Waals surface area contributed by atoms with E-state index in [-0.39, 0.29) is 0 Å². The van der Waals surface area contributed by atoms with E-state index in [1.807, 2.05) is 12.3 Å². The molecule has 0 bridgehead atoms. The molecule has 0 spiro atoms. The fraction of sp³-hybridized carbons (Fsp3) is 0.667. The second-order valence-corrected chi connectivity index (χ2v) is 7.09. The maximum absolute atomic E-state index is 5.73. The molecule has 4 rings (SSSR count). The first-order chi connectivity index (χ1) is 11.3. The van der Waals surface area contributed by atoms with Crippen LogP contribution in [0.5, 0.6) is 0 Å². The Morgan fingerprint density at radius 3 is 3.09 bits per heavy atom. The average molecular weight is 314 g/mol.